The Morgan fingerprint density at radius 1 is 1.05 bits per heavy atom. The van der Waals surface area contributed by atoms with Gasteiger partial charge in [0.15, 0.2) is 5.65 Å². The molecule has 0 spiro atoms. The largest absolute Gasteiger partial charge is 0.481 e. The maximum atomic E-state index is 5.63. The van der Waals surface area contributed by atoms with Gasteiger partial charge < -0.3 is 10.5 Å². The smallest absolute Gasteiger partial charge is 0.215 e. The Hall–Kier alpha value is -2.17. The van der Waals surface area contributed by atoms with Crippen molar-refractivity contribution in [1.29, 1.82) is 0 Å². The Bertz CT molecular complexity index is 744. The van der Waals surface area contributed by atoms with Crippen molar-refractivity contribution in [2.45, 2.75) is 6.54 Å². The van der Waals surface area contributed by atoms with Crippen molar-refractivity contribution in [2.75, 3.05) is 7.11 Å². The lowest BCUT2D eigenvalue weighted by atomic mass is 10.0. The van der Waals surface area contributed by atoms with Crippen molar-refractivity contribution in [3.8, 4) is 17.0 Å². The van der Waals surface area contributed by atoms with Crippen LogP contribution in [0.4, 0.5) is 0 Å². The number of halogens is 1. The highest BCUT2D eigenvalue weighted by Crippen LogP contribution is 2.28. The highest BCUT2D eigenvalue weighted by molar-refractivity contribution is 5.92. The van der Waals surface area contributed by atoms with Crippen LogP contribution in [0, 0.1) is 0 Å². The van der Waals surface area contributed by atoms with E-state index in [1.807, 2.05) is 30.3 Å². The molecule has 0 aliphatic rings. The highest BCUT2D eigenvalue weighted by Gasteiger charge is 2.06. The standard InChI is InChI=1S/C16H15N3O.ClH/c1-20-15-7-6-14-13(8-9-18-16(14)19-15)12-4-2-11(10-17)3-5-12;/h2-9H,10,17H2,1H3;1H. The van der Waals surface area contributed by atoms with Crippen LogP contribution >= 0.6 is 12.4 Å². The van der Waals surface area contributed by atoms with Crippen LogP contribution < -0.4 is 10.5 Å². The van der Waals surface area contributed by atoms with E-state index in [9.17, 15) is 0 Å². The fraction of sp³-hybridized carbons (Fsp3) is 0.125. The van der Waals surface area contributed by atoms with Crippen LogP contribution in [0.15, 0.2) is 48.7 Å². The Morgan fingerprint density at radius 3 is 2.48 bits per heavy atom. The molecule has 0 amide bonds. The number of fused-ring (bicyclic) bond motifs is 1. The molecule has 5 heteroatoms. The van der Waals surface area contributed by atoms with Gasteiger partial charge in [0.1, 0.15) is 0 Å². The minimum atomic E-state index is 0. The van der Waals surface area contributed by atoms with E-state index in [1.165, 1.54) is 0 Å². The number of nitrogens with zero attached hydrogens (tertiary/aromatic N) is 2. The summed E-state index contributed by atoms with van der Waals surface area (Å²) in [5.41, 5.74) is 9.66. The van der Waals surface area contributed by atoms with Gasteiger partial charge in [-0.2, -0.15) is 4.98 Å². The number of nitrogens with two attached hydrogens (primary N) is 1. The summed E-state index contributed by atoms with van der Waals surface area (Å²) in [7, 11) is 1.60. The summed E-state index contributed by atoms with van der Waals surface area (Å²) in [6, 6.07) is 14.1. The van der Waals surface area contributed by atoms with Crippen molar-refractivity contribution in [3.05, 3.63) is 54.2 Å². The third-order valence-corrected chi connectivity index (χ3v) is 3.29. The second-order valence-corrected chi connectivity index (χ2v) is 4.48. The monoisotopic (exact) mass is 301 g/mol. The van der Waals surface area contributed by atoms with E-state index in [2.05, 4.69) is 22.1 Å². The SMILES string of the molecule is COc1ccc2c(-c3ccc(CN)cc3)ccnc2n1.Cl. The number of rotatable bonds is 3. The first-order valence-corrected chi connectivity index (χ1v) is 6.41. The lowest BCUT2D eigenvalue weighted by molar-refractivity contribution is 0.399. The van der Waals surface area contributed by atoms with E-state index in [0.29, 0.717) is 18.1 Å². The van der Waals surface area contributed by atoms with E-state index < -0.39 is 0 Å². The van der Waals surface area contributed by atoms with Crippen LogP contribution in [0.3, 0.4) is 0 Å². The molecule has 21 heavy (non-hydrogen) atoms. The first-order chi connectivity index (χ1) is 9.81. The van der Waals surface area contributed by atoms with Crippen LogP contribution in [0.2, 0.25) is 0 Å². The summed E-state index contributed by atoms with van der Waals surface area (Å²) in [6.45, 7) is 0.552. The molecule has 0 unspecified atom stereocenters. The van der Waals surface area contributed by atoms with Gasteiger partial charge >= 0.3 is 0 Å². The van der Waals surface area contributed by atoms with Crippen LogP contribution in [-0.4, -0.2) is 17.1 Å². The number of hydrogen-bond donors (Lipinski definition) is 1. The minimum Gasteiger partial charge on any atom is -0.481 e. The second kappa shape index (κ2) is 6.52. The molecule has 0 radical (unpaired) electrons. The second-order valence-electron chi connectivity index (χ2n) is 4.48. The van der Waals surface area contributed by atoms with Gasteiger partial charge in [-0.15, -0.1) is 12.4 Å². The van der Waals surface area contributed by atoms with Crippen LogP contribution in [0.25, 0.3) is 22.2 Å². The third-order valence-electron chi connectivity index (χ3n) is 3.29. The molecule has 0 bridgehead atoms. The number of pyridine rings is 2. The topological polar surface area (TPSA) is 61.0 Å². The molecule has 2 aromatic heterocycles. The van der Waals surface area contributed by atoms with E-state index in [4.69, 9.17) is 10.5 Å². The van der Waals surface area contributed by atoms with Crippen LogP contribution in [-0.2, 0) is 6.54 Å². The summed E-state index contributed by atoms with van der Waals surface area (Å²) in [5.74, 6) is 0.570. The average molecular weight is 302 g/mol. The Kier molecular flexibility index (Phi) is 4.73. The van der Waals surface area contributed by atoms with Crippen molar-refractivity contribution in [3.63, 3.8) is 0 Å². The summed E-state index contributed by atoms with van der Waals surface area (Å²) in [6.07, 6.45) is 1.76. The highest BCUT2D eigenvalue weighted by atomic mass is 35.5. The quantitative estimate of drug-likeness (QED) is 0.807. The molecule has 4 nitrogen and oxygen atoms in total. The minimum absolute atomic E-state index is 0. The first kappa shape index (κ1) is 15.2. The molecule has 0 atom stereocenters. The van der Waals surface area contributed by atoms with E-state index in [-0.39, 0.29) is 12.4 Å². The summed E-state index contributed by atoms with van der Waals surface area (Å²) in [5, 5.41) is 1.01. The normalized spacial score (nSPS) is 10.2. The molecule has 1 aromatic carbocycles. The van der Waals surface area contributed by atoms with Crippen molar-refractivity contribution in [1.82, 2.24) is 9.97 Å². The number of ether oxygens (including phenoxy) is 1. The van der Waals surface area contributed by atoms with Gasteiger partial charge in [-0.25, -0.2) is 4.98 Å². The van der Waals surface area contributed by atoms with Gasteiger partial charge in [-0.3, -0.25) is 0 Å². The van der Waals surface area contributed by atoms with Crippen molar-refractivity contribution in [2.24, 2.45) is 5.73 Å². The molecule has 0 aliphatic carbocycles. The predicted octanol–water partition coefficient (Wildman–Crippen LogP) is 3.19. The first-order valence-electron chi connectivity index (χ1n) is 6.41. The molecule has 3 aromatic rings. The molecule has 108 valence electrons. The van der Waals surface area contributed by atoms with Gasteiger partial charge in [0, 0.05) is 24.2 Å². The van der Waals surface area contributed by atoms with E-state index in [1.54, 1.807) is 13.3 Å². The van der Waals surface area contributed by atoms with Gasteiger partial charge in [-0.05, 0) is 28.8 Å². The van der Waals surface area contributed by atoms with E-state index >= 15 is 0 Å². The van der Waals surface area contributed by atoms with Gasteiger partial charge in [0.25, 0.3) is 0 Å². The molecule has 2 N–H and O–H groups in total. The summed E-state index contributed by atoms with van der Waals surface area (Å²) in [4.78, 5) is 8.66. The van der Waals surface area contributed by atoms with Gasteiger partial charge in [0.2, 0.25) is 5.88 Å². The number of benzene rings is 1. The number of hydrogen-bond acceptors (Lipinski definition) is 4. The number of aromatic nitrogens is 2. The molecular weight excluding hydrogens is 286 g/mol. The molecule has 0 saturated heterocycles. The van der Waals surface area contributed by atoms with Crippen LogP contribution in [0.1, 0.15) is 5.56 Å². The molecule has 2 heterocycles. The molecular formula is C16H16ClN3O. The maximum Gasteiger partial charge on any atom is 0.215 e. The van der Waals surface area contributed by atoms with Crippen molar-refractivity contribution >= 4 is 23.4 Å². The van der Waals surface area contributed by atoms with Crippen LogP contribution in [0.5, 0.6) is 5.88 Å². The number of methoxy groups -OCH3 is 1. The predicted molar refractivity (Wildman–Crippen MR) is 86.7 cm³/mol. The zero-order chi connectivity index (χ0) is 13.9. The van der Waals surface area contributed by atoms with Gasteiger partial charge in [-0.1, -0.05) is 24.3 Å². The fourth-order valence-corrected chi connectivity index (χ4v) is 2.20. The Labute approximate surface area is 129 Å². The summed E-state index contributed by atoms with van der Waals surface area (Å²) >= 11 is 0. The Morgan fingerprint density at radius 2 is 1.81 bits per heavy atom. The van der Waals surface area contributed by atoms with E-state index in [0.717, 1.165) is 22.1 Å². The Balaban J connectivity index is 0.00000161. The fourth-order valence-electron chi connectivity index (χ4n) is 2.20. The molecule has 0 aliphatic heterocycles. The maximum absolute atomic E-state index is 5.63. The third kappa shape index (κ3) is 2.96. The van der Waals surface area contributed by atoms with Gasteiger partial charge in [0.05, 0.1) is 7.11 Å². The zero-order valence-corrected chi connectivity index (χ0v) is 12.4. The summed E-state index contributed by atoms with van der Waals surface area (Å²) < 4.78 is 5.13. The van der Waals surface area contributed by atoms with Crippen molar-refractivity contribution < 1.29 is 4.74 Å². The zero-order valence-electron chi connectivity index (χ0n) is 11.6. The average Bonchev–Trinajstić information content (AvgIpc) is 2.54. The molecule has 0 fully saturated rings. The molecule has 0 saturated carbocycles. The lowest BCUT2D eigenvalue weighted by Gasteiger charge is -2.07. The molecule has 3 rings (SSSR count). The lowest BCUT2D eigenvalue weighted by Crippen LogP contribution is -1.95.